The molecule has 2 N–H and O–H groups in total. The van der Waals surface area contributed by atoms with Gasteiger partial charge in [0, 0.05) is 18.7 Å². The van der Waals surface area contributed by atoms with Gasteiger partial charge in [-0.25, -0.2) is 0 Å². The molecule has 0 aromatic heterocycles. The molecule has 0 aliphatic heterocycles. The van der Waals surface area contributed by atoms with Crippen molar-refractivity contribution >= 4 is 5.91 Å². The lowest BCUT2D eigenvalue weighted by atomic mass is 10.2. The van der Waals surface area contributed by atoms with Gasteiger partial charge in [-0.2, -0.15) is 0 Å². The molecule has 1 rings (SSSR count). The molecule has 1 amide bonds. The van der Waals surface area contributed by atoms with E-state index >= 15 is 0 Å². The molecule has 0 saturated heterocycles. The maximum Gasteiger partial charge on any atom is 0.251 e. The van der Waals surface area contributed by atoms with Gasteiger partial charge in [0.15, 0.2) is 0 Å². The summed E-state index contributed by atoms with van der Waals surface area (Å²) in [5.74, 6) is 0.570. The summed E-state index contributed by atoms with van der Waals surface area (Å²) in [6.07, 6.45) is 0.797. The number of aliphatic hydroxyl groups excluding tert-OH is 1. The fourth-order valence-electron chi connectivity index (χ4n) is 1.63. The molecule has 20 heavy (non-hydrogen) atoms. The van der Waals surface area contributed by atoms with E-state index in [0.717, 1.165) is 0 Å². The number of nitrogens with one attached hydrogen (secondary N) is 1. The summed E-state index contributed by atoms with van der Waals surface area (Å²) in [6.45, 7) is 5.31. The first-order chi connectivity index (χ1) is 9.63. The van der Waals surface area contributed by atoms with Crippen molar-refractivity contribution in [1.82, 2.24) is 5.32 Å². The molecule has 0 aliphatic carbocycles. The largest absolute Gasteiger partial charge is 0.491 e. The van der Waals surface area contributed by atoms with Crippen LogP contribution < -0.4 is 10.1 Å². The first-order valence-electron chi connectivity index (χ1n) is 6.87. The molecule has 1 aromatic carbocycles. The van der Waals surface area contributed by atoms with E-state index in [2.05, 4.69) is 5.32 Å². The quantitative estimate of drug-likeness (QED) is 0.675. The van der Waals surface area contributed by atoms with E-state index < -0.39 is 0 Å². The minimum absolute atomic E-state index is 0.0228. The Kier molecular flexibility index (Phi) is 7.69. The molecule has 5 nitrogen and oxygen atoms in total. The number of carbonyl (C=O) groups excluding carboxylic acids is 1. The third kappa shape index (κ3) is 6.54. The summed E-state index contributed by atoms with van der Waals surface area (Å²) in [7, 11) is 0. The second-order valence-corrected chi connectivity index (χ2v) is 4.64. The zero-order valence-corrected chi connectivity index (χ0v) is 12.1. The fourth-order valence-corrected chi connectivity index (χ4v) is 1.63. The molecule has 0 bridgehead atoms. The van der Waals surface area contributed by atoms with Crippen LogP contribution in [0.3, 0.4) is 0 Å². The smallest absolute Gasteiger partial charge is 0.251 e. The van der Waals surface area contributed by atoms with Crippen LogP contribution in [0.15, 0.2) is 24.3 Å². The molecule has 0 spiro atoms. The summed E-state index contributed by atoms with van der Waals surface area (Å²) in [5.41, 5.74) is 0.583. The molecule has 0 unspecified atom stereocenters. The zero-order chi connectivity index (χ0) is 14.8. The number of benzene rings is 1. The monoisotopic (exact) mass is 281 g/mol. The SMILES string of the molecule is CC(C)Oc1cccc(C(=O)NCCCOCCO)c1. The maximum absolute atomic E-state index is 11.9. The van der Waals surface area contributed by atoms with Crippen LogP contribution in [0, 0.1) is 0 Å². The minimum Gasteiger partial charge on any atom is -0.491 e. The van der Waals surface area contributed by atoms with Gasteiger partial charge in [-0.3, -0.25) is 4.79 Å². The van der Waals surface area contributed by atoms with Crippen LogP contribution in [0.2, 0.25) is 0 Å². The summed E-state index contributed by atoms with van der Waals surface area (Å²) >= 11 is 0. The van der Waals surface area contributed by atoms with Crippen molar-refractivity contribution in [2.45, 2.75) is 26.4 Å². The van der Waals surface area contributed by atoms with Gasteiger partial charge < -0.3 is 19.9 Å². The van der Waals surface area contributed by atoms with Gasteiger partial charge in [-0.05, 0) is 38.5 Å². The first-order valence-corrected chi connectivity index (χ1v) is 6.87. The summed E-state index contributed by atoms with van der Waals surface area (Å²) in [5, 5.41) is 11.4. The summed E-state index contributed by atoms with van der Waals surface area (Å²) in [6, 6.07) is 7.12. The Balaban J connectivity index is 2.35. The van der Waals surface area contributed by atoms with Crippen molar-refractivity contribution in [1.29, 1.82) is 0 Å². The van der Waals surface area contributed by atoms with E-state index in [-0.39, 0.29) is 18.6 Å². The van der Waals surface area contributed by atoms with Gasteiger partial charge >= 0.3 is 0 Å². The molecular weight excluding hydrogens is 258 g/mol. The van der Waals surface area contributed by atoms with Crippen LogP contribution in [-0.4, -0.2) is 43.5 Å². The highest BCUT2D eigenvalue weighted by Crippen LogP contribution is 2.14. The second kappa shape index (κ2) is 9.34. The second-order valence-electron chi connectivity index (χ2n) is 4.64. The van der Waals surface area contributed by atoms with Crippen LogP contribution in [0.1, 0.15) is 30.6 Å². The number of amides is 1. The van der Waals surface area contributed by atoms with E-state index in [1.807, 2.05) is 19.9 Å². The fraction of sp³-hybridized carbons (Fsp3) is 0.533. The summed E-state index contributed by atoms with van der Waals surface area (Å²) < 4.78 is 10.7. The van der Waals surface area contributed by atoms with Gasteiger partial charge in [-0.1, -0.05) is 6.07 Å². The van der Waals surface area contributed by atoms with Crippen molar-refractivity contribution in [2.24, 2.45) is 0 Å². The predicted molar refractivity (Wildman–Crippen MR) is 77.1 cm³/mol. The molecule has 0 saturated carbocycles. The lowest BCUT2D eigenvalue weighted by Crippen LogP contribution is -2.25. The zero-order valence-electron chi connectivity index (χ0n) is 12.1. The van der Waals surface area contributed by atoms with E-state index in [1.54, 1.807) is 18.2 Å². The maximum atomic E-state index is 11.9. The van der Waals surface area contributed by atoms with E-state index in [4.69, 9.17) is 14.6 Å². The molecule has 0 fully saturated rings. The first kappa shape index (κ1) is 16.5. The number of hydrogen-bond donors (Lipinski definition) is 2. The average Bonchev–Trinajstić information content (AvgIpc) is 2.42. The molecular formula is C15H23NO4. The highest BCUT2D eigenvalue weighted by Gasteiger charge is 2.06. The lowest BCUT2D eigenvalue weighted by molar-refractivity contribution is 0.0867. The van der Waals surface area contributed by atoms with E-state index in [9.17, 15) is 4.79 Å². The topological polar surface area (TPSA) is 67.8 Å². The highest BCUT2D eigenvalue weighted by molar-refractivity contribution is 5.94. The van der Waals surface area contributed by atoms with Crippen LogP contribution in [-0.2, 0) is 4.74 Å². The Morgan fingerprint density at radius 1 is 1.35 bits per heavy atom. The third-order valence-corrected chi connectivity index (χ3v) is 2.45. The van der Waals surface area contributed by atoms with Gasteiger partial charge in [-0.15, -0.1) is 0 Å². The highest BCUT2D eigenvalue weighted by atomic mass is 16.5. The lowest BCUT2D eigenvalue weighted by Gasteiger charge is -2.11. The molecule has 112 valence electrons. The van der Waals surface area contributed by atoms with Crippen molar-refractivity contribution in [2.75, 3.05) is 26.4 Å². The standard InChI is InChI=1S/C15H23NO4/c1-12(2)20-14-6-3-5-13(11-14)15(18)16-7-4-9-19-10-8-17/h3,5-6,11-12,17H,4,7-10H2,1-2H3,(H,16,18). The van der Waals surface area contributed by atoms with Crippen molar-refractivity contribution < 1.29 is 19.4 Å². The van der Waals surface area contributed by atoms with Crippen molar-refractivity contribution in [3.63, 3.8) is 0 Å². The molecule has 0 heterocycles. The Morgan fingerprint density at radius 2 is 2.15 bits per heavy atom. The molecule has 0 atom stereocenters. The molecule has 5 heteroatoms. The number of carbonyl (C=O) groups is 1. The Bertz CT molecular complexity index is 407. The Morgan fingerprint density at radius 3 is 2.85 bits per heavy atom. The van der Waals surface area contributed by atoms with Crippen LogP contribution in [0.4, 0.5) is 0 Å². The van der Waals surface area contributed by atoms with Gasteiger partial charge in [0.2, 0.25) is 0 Å². The number of ether oxygens (including phenoxy) is 2. The van der Waals surface area contributed by atoms with E-state index in [1.165, 1.54) is 0 Å². The average molecular weight is 281 g/mol. The Hall–Kier alpha value is -1.59. The van der Waals surface area contributed by atoms with Gasteiger partial charge in [0.25, 0.3) is 5.91 Å². The molecule has 0 aliphatic rings. The van der Waals surface area contributed by atoms with E-state index in [0.29, 0.717) is 37.5 Å². The molecule has 1 aromatic rings. The number of aliphatic hydroxyl groups is 1. The summed E-state index contributed by atoms with van der Waals surface area (Å²) in [4.78, 5) is 11.9. The van der Waals surface area contributed by atoms with Crippen LogP contribution in [0.25, 0.3) is 0 Å². The number of rotatable bonds is 9. The van der Waals surface area contributed by atoms with Crippen molar-refractivity contribution in [3.8, 4) is 5.75 Å². The van der Waals surface area contributed by atoms with Crippen molar-refractivity contribution in [3.05, 3.63) is 29.8 Å². The molecule has 0 radical (unpaired) electrons. The Labute approximate surface area is 119 Å². The van der Waals surface area contributed by atoms with Crippen LogP contribution in [0.5, 0.6) is 5.75 Å². The number of hydrogen-bond acceptors (Lipinski definition) is 4. The normalized spacial score (nSPS) is 10.6. The third-order valence-electron chi connectivity index (χ3n) is 2.45. The van der Waals surface area contributed by atoms with Crippen LogP contribution >= 0.6 is 0 Å². The minimum atomic E-state index is -0.124. The van der Waals surface area contributed by atoms with Gasteiger partial charge in [0.05, 0.1) is 19.3 Å². The van der Waals surface area contributed by atoms with Gasteiger partial charge in [0.1, 0.15) is 5.75 Å². The predicted octanol–water partition coefficient (Wildman–Crippen LogP) is 1.60.